The summed E-state index contributed by atoms with van der Waals surface area (Å²) in [7, 11) is 0. The Morgan fingerprint density at radius 3 is 2.10 bits per heavy atom. The fourth-order valence-electron chi connectivity index (χ4n) is 1.19. The number of hydrogen-bond acceptors (Lipinski definition) is 1. The molecule has 57 valence electrons. The summed E-state index contributed by atoms with van der Waals surface area (Å²) in [6.07, 6.45) is 3.63. The number of rotatable bonds is 0. The van der Waals surface area contributed by atoms with E-state index in [-0.39, 0.29) is 32.7 Å². The van der Waals surface area contributed by atoms with Crippen LogP contribution >= 0.6 is 0 Å². The van der Waals surface area contributed by atoms with Crippen molar-refractivity contribution in [1.82, 2.24) is 4.90 Å². The van der Waals surface area contributed by atoms with E-state index in [1.807, 2.05) is 0 Å². The molecule has 1 heterocycles. The molecule has 1 aliphatic heterocycles. The maximum Gasteiger partial charge on any atom is 0.00951 e. The zero-order valence-corrected chi connectivity index (χ0v) is 10.1. The van der Waals surface area contributed by atoms with Crippen LogP contribution in [0.5, 0.6) is 0 Å². The second kappa shape index (κ2) is 4.18. The van der Waals surface area contributed by atoms with Gasteiger partial charge < -0.3 is 11.3 Å². The van der Waals surface area contributed by atoms with Gasteiger partial charge in [-0.3, -0.25) is 0 Å². The van der Waals surface area contributed by atoms with Crippen LogP contribution in [0, 0.1) is 6.42 Å². The molecule has 2 heteroatoms. The first-order chi connectivity index (χ1) is 4.11. The van der Waals surface area contributed by atoms with Crippen LogP contribution in [0.1, 0.15) is 27.2 Å². The summed E-state index contributed by atoms with van der Waals surface area (Å²) in [4.78, 5) is 2.49. The van der Waals surface area contributed by atoms with Crippen LogP contribution in [-0.2, 0) is 32.7 Å². The van der Waals surface area contributed by atoms with E-state index in [0.717, 1.165) is 0 Å². The Balaban J connectivity index is 0.000000810. The van der Waals surface area contributed by atoms with Gasteiger partial charge in [0.25, 0.3) is 0 Å². The second-order valence-corrected chi connectivity index (χ2v) is 3.69. The first kappa shape index (κ1) is 11.1. The van der Waals surface area contributed by atoms with Crippen LogP contribution in [-0.4, -0.2) is 23.5 Å². The molecule has 0 amide bonds. The Morgan fingerprint density at radius 1 is 1.30 bits per heavy atom. The van der Waals surface area contributed by atoms with Gasteiger partial charge in [0.2, 0.25) is 0 Å². The Bertz CT molecular complexity index is 89.9. The van der Waals surface area contributed by atoms with Gasteiger partial charge in [-0.25, -0.2) is 0 Å². The molecule has 0 saturated carbocycles. The molecule has 1 aliphatic rings. The second-order valence-electron chi connectivity index (χ2n) is 3.69. The SMILES string of the molecule is CC(C)(C)N1C[CH-]CC1.[Y]. The monoisotopic (exact) mass is 215 g/mol. The average Bonchev–Trinajstić information content (AvgIpc) is 2.08. The fraction of sp³-hybridized carbons (Fsp3) is 0.875. The molecule has 0 bridgehead atoms. The first-order valence-corrected chi connectivity index (χ1v) is 3.67. The molecule has 1 nitrogen and oxygen atoms in total. The molecule has 0 aromatic rings. The summed E-state index contributed by atoms with van der Waals surface area (Å²) in [6.45, 7) is 9.25. The molecule has 1 fully saturated rings. The van der Waals surface area contributed by atoms with Gasteiger partial charge in [0.1, 0.15) is 0 Å². The first-order valence-electron chi connectivity index (χ1n) is 3.67. The molecule has 1 saturated heterocycles. The molecule has 0 aromatic carbocycles. The average molecular weight is 215 g/mol. The minimum absolute atomic E-state index is 0. The van der Waals surface area contributed by atoms with Gasteiger partial charge >= 0.3 is 0 Å². The molecule has 0 N–H and O–H groups in total. The van der Waals surface area contributed by atoms with Crippen LogP contribution in [0.15, 0.2) is 0 Å². The van der Waals surface area contributed by atoms with Crippen LogP contribution in [0.3, 0.4) is 0 Å². The minimum atomic E-state index is 0. The van der Waals surface area contributed by atoms with Crippen molar-refractivity contribution in [2.24, 2.45) is 0 Å². The summed E-state index contributed by atoms with van der Waals surface area (Å²) < 4.78 is 0. The molecule has 0 aliphatic carbocycles. The molecule has 0 spiro atoms. The van der Waals surface area contributed by atoms with Crippen molar-refractivity contribution in [2.75, 3.05) is 13.1 Å². The third kappa shape index (κ3) is 2.98. The zero-order valence-electron chi connectivity index (χ0n) is 7.22. The molecule has 0 unspecified atom stereocenters. The third-order valence-corrected chi connectivity index (χ3v) is 1.90. The molecule has 0 aromatic heterocycles. The summed E-state index contributed by atoms with van der Waals surface area (Å²) in [6, 6.07) is 0. The Labute approximate surface area is 89.4 Å². The van der Waals surface area contributed by atoms with Gasteiger partial charge in [-0.2, -0.15) is 6.42 Å². The van der Waals surface area contributed by atoms with Gasteiger partial charge in [-0.1, -0.05) is 0 Å². The van der Waals surface area contributed by atoms with E-state index in [0.29, 0.717) is 5.54 Å². The van der Waals surface area contributed by atoms with Crippen molar-refractivity contribution < 1.29 is 32.7 Å². The van der Waals surface area contributed by atoms with Crippen molar-refractivity contribution in [3.8, 4) is 0 Å². The number of nitrogens with zero attached hydrogens (tertiary/aromatic N) is 1. The summed E-state index contributed by atoms with van der Waals surface area (Å²) in [5, 5.41) is 0. The molecule has 0 atom stereocenters. The normalized spacial score (nSPS) is 20.7. The van der Waals surface area contributed by atoms with Gasteiger partial charge in [-0.05, 0) is 27.3 Å². The van der Waals surface area contributed by atoms with E-state index in [1.54, 1.807) is 0 Å². The van der Waals surface area contributed by atoms with Crippen LogP contribution in [0.2, 0.25) is 0 Å². The Morgan fingerprint density at radius 2 is 1.90 bits per heavy atom. The topological polar surface area (TPSA) is 3.24 Å². The minimum Gasteiger partial charge on any atom is -0.330 e. The number of likely N-dealkylation sites (tertiary alicyclic amines) is 1. The summed E-state index contributed by atoms with van der Waals surface area (Å²) >= 11 is 0. The van der Waals surface area contributed by atoms with Gasteiger partial charge in [0, 0.05) is 38.2 Å². The van der Waals surface area contributed by atoms with Crippen LogP contribution < -0.4 is 0 Å². The van der Waals surface area contributed by atoms with E-state index in [9.17, 15) is 0 Å². The quantitative estimate of drug-likeness (QED) is 0.556. The Kier molecular flexibility index (Phi) is 4.62. The largest absolute Gasteiger partial charge is 0.330 e. The summed E-state index contributed by atoms with van der Waals surface area (Å²) in [5.41, 5.74) is 0.382. The molecular formula is C8H16NY-. The number of hydrogen-bond donors (Lipinski definition) is 0. The maximum atomic E-state index is 2.49. The predicted octanol–water partition coefficient (Wildman–Crippen LogP) is 1.69. The molecule has 1 radical (unpaired) electrons. The van der Waals surface area contributed by atoms with E-state index in [1.165, 1.54) is 19.5 Å². The van der Waals surface area contributed by atoms with Crippen molar-refractivity contribution in [1.29, 1.82) is 0 Å². The zero-order chi connectivity index (χ0) is 6.91. The van der Waals surface area contributed by atoms with Crippen LogP contribution in [0.25, 0.3) is 0 Å². The Hall–Kier alpha value is 1.06. The van der Waals surface area contributed by atoms with E-state index >= 15 is 0 Å². The standard InChI is InChI=1S/C8H16N.Y/c1-8(2,3)9-6-4-5-7-9;/h4H,5-7H2,1-3H3;/q-1;. The van der Waals surface area contributed by atoms with E-state index in [4.69, 9.17) is 0 Å². The smallest absolute Gasteiger partial charge is 0.00951 e. The van der Waals surface area contributed by atoms with Gasteiger partial charge in [-0.15, -0.1) is 6.54 Å². The fourth-order valence-corrected chi connectivity index (χ4v) is 1.19. The van der Waals surface area contributed by atoms with E-state index in [2.05, 4.69) is 32.1 Å². The predicted molar refractivity (Wildman–Crippen MR) is 40.2 cm³/mol. The molecule has 1 rings (SSSR count). The van der Waals surface area contributed by atoms with Crippen molar-refractivity contribution in [3.05, 3.63) is 6.42 Å². The molecular weight excluding hydrogens is 199 g/mol. The summed E-state index contributed by atoms with van der Waals surface area (Å²) in [5.74, 6) is 0. The van der Waals surface area contributed by atoms with Crippen molar-refractivity contribution in [2.45, 2.75) is 32.7 Å². The van der Waals surface area contributed by atoms with E-state index < -0.39 is 0 Å². The van der Waals surface area contributed by atoms with Gasteiger partial charge in [0.15, 0.2) is 0 Å². The van der Waals surface area contributed by atoms with Crippen LogP contribution in [0.4, 0.5) is 0 Å². The third-order valence-electron chi connectivity index (χ3n) is 1.90. The van der Waals surface area contributed by atoms with Crippen molar-refractivity contribution in [3.63, 3.8) is 0 Å². The van der Waals surface area contributed by atoms with Crippen molar-refractivity contribution >= 4 is 0 Å². The van der Waals surface area contributed by atoms with Gasteiger partial charge in [0.05, 0.1) is 0 Å². The molecule has 10 heavy (non-hydrogen) atoms. The maximum absolute atomic E-state index is 2.49.